The molecule has 4 rings (SSSR count). The van der Waals surface area contributed by atoms with Crippen molar-refractivity contribution in [1.82, 2.24) is 0 Å². The molecule has 0 fully saturated rings. The number of fused-ring (bicyclic) bond motifs is 1. The number of benzene rings is 3. The maximum absolute atomic E-state index is 13.9. The van der Waals surface area contributed by atoms with Gasteiger partial charge in [-0.25, -0.2) is 12.8 Å². The highest BCUT2D eigenvalue weighted by Gasteiger charge is 2.27. The maximum Gasteiger partial charge on any atom is 0.262 e. The zero-order valence-corrected chi connectivity index (χ0v) is 17.2. The molecule has 3 aromatic carbocycles. The third-order valence-corrected chi connectivity index (χ3v) is 6.46. The fraction of sp³-hybridized carbons (Fsp3) is 0.174. The van der Waals surface area contributed by atoms with Gasteiger partial charge in [0.05, 0.1) is 10.6 Å². The zero-order valence-electron chi connectivity index (χ0n) is 16.4. The molecule has 7 heteroatoms. The minimum Gasteiger partial charge on any atom is -0.308 e. The van der Waals surface area contributed by atoms with Crippen LogP contribution in [0.1, 0.15) is 22.8 Å². The first-order valence-corrected chi connectivity index (χ1v) is 11.1. The molecule has 0 saturated carbocycles. The van der Waals surface area contributed by atoms with Gasteiger partial charge in [-0.15, -0.1) is 0 Å². The summed E-state index contributed by atoms with van der Waals surface area (Å²) in [6.45, 7) is 2.63. The van der Waals surface area contributed by atoms with Gasteiger partial charge >= 0.3 is 0 Å². The quantitative estimate of drug-likeness (QED) is 0.672. The average Bonchev–Trinajstić information content (AvgIpc) is 2.74. The summed E-state index contributed by atoms with van der Waals surface area (Å²) in [5.74, 6) is -0.650. The predicted octanol–water partition coefficient (Wildman–Crippen LogP) is 4.47. The first kappa shape index (κ1) is 20.1. The molecule has 30 heavy (non-hydrogen) atoms. The number of nitrogens with one attached hydrogen (secondary N) is 1. The van der Waals surface area contributed by atoms with Crippen LogP contribution >= 0.6 is 0 Å². The Balaban J connectivity index is 1.65. The Hall–Kier alpha value is -3.19. The van der Waals surface area contributed by atoms with Crippen molar-refractivity contribution >= 4 is 27.3 Å². The van der Waals surface area contributed by atoms with Crippen molar-refractivity contribution in [2.45, 2.75) is 18.2 Å². The number of para-hydroxylation sites is 2. The van der Waals surface area contributed by atoms with Crippen molar-refractivity contribution in [1.29, 1.82) is 0 Å². The summed E-state index contributed by atoms with van der Waals surface area (Å²) in [4.78, 5) is 14.8. The number of anilines is 2. The Bertz CT molecular complexity index is 1210. The van der Waals surface area contributed by atoms with Crippen LogP contribution in [0.4, 0.5) is 15.8 Å². The van der Waals surface area contributed by atoms with Crippen LogP contribution in [0.2, 0.25) is 0 Å². The van der Waals surface area contributed by atoms with E-state index in [1.165, 1.54) is 42.5 Å². The van der Waals surface area contributed by atoms with Gasteiger partial charge in [0.1, 0.15) is 5.82 Å². The second kappa shape index (κ2) is 7.91. The molecule has 1 heterocycles. The van der Waals surface area contributed by atoms with Gasteiger partial charge in [-0.1, -0.05) is 43.3 Å². The van der Waals surface area contributed by atoms with Gasteiger partial charge in [0, 0.05) is 17.8 Å². The monoisotopic (exact) mass is 424 g/mol. The van der Waals surface area contributed by atoms with Crippen molar-refractivity contribution in [2.75, 3.05) is 16.2 Å². The molecule has 0 spiro atoms. The topological polar surface area (TPSA) is 66.5 Å². The Kier molecular flexibility index (Phi) is 5.30. The SMILES string of the molecule is CC1Cc2ccccc2N(C(=O)c2cccc(S(=O)(=O)Nc3ccccc3F)c2)C1. The number of amides is 1. The summed E-state index contributed by atoms with van der Waals surface area (Å²) in [6, 6.07) is 19.1. The smallest absolute Gasteiger partial charge is 0.262 e. The number of carbonyl (C=O) groups excluding carboxylic acids is 1. The fourth-order valence-corrected chi connectivity index (χ4v) is 4.80. The highest BCUT2D eigenvalue weighted by Crippen LogP contribution is 2.31. The molecule has 0 bridgehead atoms. The van der Waals surface area contributed by atoms with Crippen LogP contribution in [-0.4, -0.2) is 20.9 Å². The van der Waals surface area contributed by atoms with Gasteiger partial charge < -0.3 is 4.90 Å². The van der Waals surface area contributed by atoms with Crippen LogP contribution in [0.15, 0.2) is 77.7 Å². The molecule has 1 atom stereocenters. The molecule has 1 unspecified atom stereocenters. The van der Waals surface area contributed by atoms with E-state index in [-0.39, 0.29) is 22.1 Å². The van der Waals surface area contributed by atoms with Crippen molar-refractivity contribution in [3.05, 3.63) is 89.7 Å². The van der Waals surface area contributed by atoms with E-state index >= 15 is 0 Å². The Morgan fingerprint density at radius 1 is 1.03 bits per heavy atom. The second-order valence-corrected chi connectivity index (χ2v) is 9.15. The van der Waals surface area contributed by atoms with Gasteiger partial charge in [-0.05, 0) is 54.3 Å². The highest BCUT2D eigenvalue weighted by molar-refractivity contribution is 7.92. The first-order chi connectivity index (χ1) is 14.3. The number of sulfonamides is 1. The van der Waals surface area contributed by atoms with E-state index in [9.17, 15) is 17.6 Å². The molecule has 3 aromatic rings. The lowest BCUT2D eigenvalue weighted by Crippen LogP contribution is -2.39. The van der Waals surface area contributed by atoms with Crippen molar-refractivity contribution in [3.8, 4) is 0 Å². The number of hydrogen-bond acceptors (Lipinski definition) is 3. The minimum atomic E-state index is -4.05. The van der Waals surface area contributed by atoms with E-state index in [2.05, 4.69) is 11.6 Å². The molecule has 1 aliphatic rings. The summed E-state index contributed by atoms with van der Waals surface area (Å²) < 4.78 is 41.6. The van der Waals surface area contributed by atoms with Crippen LogP contribution in [0, 0.1) is 11.7 Å². The number of hydrogen-bond donors (Lipinski definition) is 1. The standard InChI is InChI=1S/C23H21FN2O3S/c1-16-13-17-7-2-5-12-22(17)26(15-16)23(27)18-8-6-9-19(14-18)30(28,29)25-21-11-4-3-10-20(21)24/h2-12,14,16,25H,13,15H2,1H3. The van der Waals surface area contributed by atoms with Gasteiger partial charge in [0.2, 0.25) is 0 Å². The fourth-order valence-electron chi connectivity index (χ4n) is 3.69. The van der Waals surface area contributed by atoms with E-state index in [1.807, 2.05) is 24.3 Å². The Labute approximate surface area is 175 Å². The first-order valence-electron chi connectivity index (χ1n) is 9.62. The van der Waals surface area contributed by atoms with Crippen molar-refractivity contribution in [3.63, 3.8) is 0 Å². The molecular weight excluding hydrogens is 403 g/mol. The lowest BCUT2D eigenvalue weighted by atomic mass is 9.93. The average molecular weight is 424 g/mol. The van der Waals surface area contributed by atoms with Crippen molar-refractivity contribution in [2.24, 2.45) is 5.92 Å². The van der Waals surface area contributed by atoms with Gasteiger partial charge in [-0.2, -0.15) is 0 Å². The minimum absolute atomic E-state index is 0.102. The Morgan fingerprint density at radius 3 is 2.57 bits per heavy atom. The molecule has 5 nitrogen and oxygen atoms in total. The van der Waals surface area contributed by atoms with Crippen LogP contribution in [0.5, 0.6) is 0 Å². The summed E-state index contributed by atoms with van der Waals surface area (Å²) >= 11 is 0. The molecule has 0 aromatic heterocycles. The summed E-state index contributed by atoms with van der Waals surface area (Å²) in [6.07, 6.45) is 0.890. The third-order valence-electron chi connectivity index (χ3n) is 5.10. The van der Waals surface area contributed by atoms with Gasteiger partial charge in [0.15, 0.2) is 0 Å². The lowest BCUT2D eigenvalue weighted by molar-refractivity contribution is 0.0981. The van der Waals surface area contributed by atoms with E-state index < -0.39 is 15.8 Å². The molecule has 154 valence electrons. The van der Waals surface area contributed by atoms with Gasteiger partial charge in [0.25, 0.3) is 15.9 Å². The molecule has 0 saturated heterocycles. The Morgan fingerprint density at radius 2 is 1.77 bits per heavy atom. The predicted molar refractivity (Wildman–Crippen MR) is 115 cm³/mol. The van der Waals surface area contributed by atoms with Crippen LogP contribution in [0.25, 0.3) is 0 Å². The molecule has 0 aliphatic carbocycles. The van der Waals surface area contributed by atoms with Crippen LogP contribution < -0.4 is 9.62 Å². The van der Waals surface area contributed by atoms with E-state index in [4.69, 9.17) is 0 Å². The summed E-state index contributed by atoms with van der Waals surface area (Å²) in [7, 11) is -4.05. The summed E-state index contributed by atoms with van der Waals surface area (Å²) in [5.41, 5.74) is 2.05. The largest absolute Gasteiger partial charge is 0.308 e. The molecule has 1 amide bonds. The number of rotatable bonds is 4. The van der Waals surface area contributed by atoms with E-state index in [0.717, 1.165) is 17.7 Å². The molecule has 1 aliphatic heterocycles. The maximum atomic E-state index is 13.9. The van der Waals surface area contributed by atoms with Gasteiger partial charge in [-0.3, -0.25) is 9.52 Å². The number of halogens is 1. The van der Waals surface area contributed by atoms with E-state index in [1.54, 1.807) is 11.0 Å². The lowest BCUT2D eigenvalue weighted by Gasteiger charge is -2.33. The van der Waals surface area contributed by atoms with Crippen molar-refractivity contribution < 1.29 is 17.6 Å². The van der Waals surface area contributed by atoms with Crippen LogP contribution in [-0.2, 0) is 16.4 Å². The molecule has 1 N–H and O–H groups in total. The normalized spacial score (nSPS) is 16.1. The van der Waals surface area contributed by atoms with E-state index in [0.29, 0.717) is 12.5 Å². The molecular formula is C23H21FN2O3S. The highest BCUT2D eigenvalue weighted by atomic mass is 32.2. The molecule has 0 radical (unpaired) electrons. The van der Waals surface area contributed by atoms with Crippen LogP contribution in [0.3, 0.4) is 0 Å². The second-order valence-electron chi connectivity index (χ2n) is 7.47. The summed E-state index contributed by atoms with van der Waals surface area (Å²) in [5, 5.41) is 0. The number of carbonyl (C=O) groups is 1. The number of nitrogens with zero attached hydrogens (tertiary/aromatic N) is 1. The third kappa shape index (κ3) is 3.93. The zero-order chi connectivity index (χ0) is 21.3.